The molecule has 0 bridgehead atoms. The number of hydrogen-bond donors (Lipinski definition) is 8. The summed E-state index contributed by atoms with van der Waals surface area (Å²) in [6.45, 7) is 16.6. The number of nitriles is 1. The van der Waals surface area contributed by atoms with Gasteiger partial charge in [-0.25, -0.2) is 9.55 Å². The number of methoxy groups -OCH3 is 2. The van der Waals surface area contributed by atoms with Gasteiger partial charge in [-0.3, -0.25) is 9.32 Å². The van der Waals surface area contributed by atoms with Crippen LogP contribution in [0.2, 0.25) is 0 Å². The van der Waals surface area contributed by atoms with Gasteiger partial charge >= 0.3 is 7.82 Å². The van der Waals surface area contributed by atoms with Crippen molar-refractivity contribution in [1.29, 1.82) is 5.26 Å². The molecule has 396 valence electrons. The number of allylic oxidation sites excluding steroid dienone is 7. The van der Waals surface area contributed by atoms with Crippen molar-refractivity contribution in [3.63, 3.8) is 0 Å². The Labute approximate surface area is 414 Å². The molecule has 1 spiro atoms. The van der Waals surface area contributed by atoms with Gasteiger partial charge in [0.15, 0.2) is 17.8 Å². The molecule has 1 unspecified atom stereocenters. The lowest BCUT2D eigenvalue weighted by atomic mass is 9.72. The number of phosphoric acid groups is 1. The summed E-state index contributed by atoms with van der Waals surface area (Å²) in [7, 11) is 1.12. The molecular weight excluding hydrogens is 928 g/mol. The Hall–Kier alpha value is -3.42. The predicted octanol–water partition coefficient (Wildman–Crippen LogP) is 4.69. The third-order valence-electron chi connectivity index (χ3n) is 14.0. The van der Waals surface area contributed by atoms with Crippen LogP contribution in [0.25, 0.3) is 6.08 Å². The van der Waals surface area contributed by atoms with Gasteiger partial charge in [-0.1, -0.05) is 77.5 Å². The number of nitrogens with one attached hydrogen (secondary N) is 1. The second-order valence-electron chi connectivity index (χ2n) is 19.9. The quantitative estimate of drug-likeness (QED) is 0.0355. The van der Waals surface area contributed by atoms with E-state index in [4.69, 9.17) is 33.2 Å². The molecule has 2 aliphatic rings. The van der Waals surface area contributed by atoms with E-state index in [1.165, 1.54) is 26.6 Å². The highest BCUT2D eigenvalue weighted by atomic mass is 31.2. The van der Waals surface area contributed by atoms with Gasteiger partial charge in [0.05, 0.1) is 49.2 Å². The number of rotatable bonds is 26. The fraction of sp³-hybridized carbons (Fsp3) is 0.700. The topological polar surface area (TPSA) is 287 Å². The van der Waals surface area contributed by atoms with Crippen LogP contribution in [0.1, 0.15) is 105 Å². The maximum atomic E-state index is 12.6. The summed E-state index contributed by atoms with van der Waals surface area (Å²) in [6, 6.07) is 1.40. The molecule has 19 nitrogen and oxygen atoms in total. The van der Waals surface area contributed by atoms with E-state index in [2.05, 4.69) is 10.3 Å². The molecule has 15 atom stereocenters. The number of aliphatic hydroxyl groups excluding tert-OH is 5. The van der Waals surface area contributed by atoms with Crippen LogP contribution in [-0.2, 0) is 32.8 Å². The molecular formula is C50H81N4O15P. The van der Waals surface area contributed by atoms with Crippen LogP contribution in [0.3, 0.4) is 0 Å². The highest BCUT2D eigenvalue weighted by Gasteiger charge is 2.68. The highest BCUT2D eigenvalue weighted by Crippen LogP contribution is 2.59. The minimum Gasteiger partial charge on any atom is -0.448 e. The third kappa shape index (κ3) is 16.3. The van der Waals surface area contributed by atoms with E-state index >= 15 is 0 Å². The summed E-state index contributed by atoms with van der Waals surface area (Å²) in [5.41, 5.74) is 1.87. The summed E-state index contributed by atoms with van der Waals surface area (Å²) >= 11 is 0. The van der Waals surface area contributed by atoms with E-state index in [1.54, 1.807) is 45.8 Å². The average molecular weight is 1010 g/mol. The molecule has 2 saturated heterocycles. The van der Waals surface area contributed by atoms with Crippen molar-refractivity contribution in [3.8, 4) is 6.07 Å². The Morgan fingerprint density at radius 2 is 1.76 bits per heavy atom. The fourth-order valence-electron chi connectivity index (χ4n) is 8.96. The number of likely N-dealkylation sites (N-methyl/N-ethyl adjacent to an activating group) is 1. The van der Waals surface area contributed by atoms with Crippen LogP contribution >= 0.6 is 7.82 Å². The molecule has 20 heteroatoms. The molecule has 0 radical (unpaired) electrons. The number of oxazole rings is 1. The summed E-state index contributed by atoms with van der Waals surface area (Å²) < 4.78 is 48.2. The van der Waals surface area contributed by atoms with Crippen LogP contribution in [0, 0.1) is 34.5 Å². The van der Waals surface area contributed by atoms with E-state index in [0.717, 1.165) is 16.7 Å². The Balaban J connectivity index is 1.74. The van der Waals surface area contributed by atoms with Gasteiger partial charge in [0.25, 0.3) is 5.91 Å². The van der Waals surface area contributed by atoms with E-state index < -0.39 is 97.7 Å². The van der Waals surface area contributed by atoms with Gasteiger partial charge in [0.1, 0.15) is 30.3 Å². The number of phosphoric ester groups is 1. The molecule has 70 heavy (non-hydrogen) atoms. The lowest BCUT2D eigenvalue weighted by molar-refractivity contribution is -0.334. The summed E-state index contributed by atoms with van der Waals surface area (Å²) in [6.07, 6.45) is 4.10. The Morgan fingerprint density at radius 1 is 1.09 bits per heavy atom. The van der Waals surface area contributed by atoms with Crippen molar-refractivity contribution < 1.29 is 72.6 Å². The number of aliphatic hydroxyl groups is 5. The van der Waals surface area contributed by atoms with Crippen LogP contribution in [0.5, 0.6) is 0 Å². The molecule has 2 aliphatic heterocycles. The number of aromatic nitrogens is 1. The van der Waals surface area contributed by atoms with Crippen LogP contribution in [-0.4, -0.2) is 159 Å². The molecule has 8 N–H and O–H groups in total. The Morgan fingerprint density at radius 3 is 2.36 bits per heavy atom. The highest BCUT2D eigenvalue weighted by molar-refractivity contribution is 7.46. The number of carbonyl (C=O) groups is 1. The SMILES string of the molecule is COC[C@H]([C@@H](O)[C@@H](O)C(=O)NCC[C@@H](C)c1nc(/C=C/C[C@H]2O[C@]3(C[C@H](O)[C@H]2C)OC([C@@H](C[C@@H](O)[C@@H](C)[C@@H](O)[C@@H](C)/C=C(C)/C(C)=C/C=C/C(C)=C/C#N)OC)[C@@H](OP(=O)(O)O)C3(C)C)co1)N(C)C. The predicted molar refractivity (Wildman–Crippen MR) is 262 cm³/mol. The summed E-state index contributed by atoms with van der Waals surface area (Å²) in [5, 5.41) is 67.1. The fourth-order valence-corrected chi connectivity index (χ4v) is 9.64. The zero-order valence-electron chi connectivity index (χ0n) is 43.1. The van der Waals surface area contributed by atoms with Crippen molar-refractivity contribution in [2.24, 2.45) is 23.2 Å². The Bertz CT molecular complexity index is 2080. The molecule has 0 aromatic carbocycles. The average Bonchev–Trinajstić information content (AvgIpc) is 3.84. The molecule has 0 saturated carbocycles. The van der Waals surface area contributed by atoms with Crippen molar-refractivity contribution >= 4 is 19.8 Å². The standard InChI is InChI=1S/C50H81N4O15P/c1-29(20-22-51)16-14-17-30(2)32(4)24-33(5)42(57)35(7)38(55)25-41(65-13)45-46(69-70(61,62)63)49(8,9)50(68-45)26-39(56)34(6)40(67-50)19-15-18-36-27-66-48(53-36)31(3)21-23-52-47(60)44(59)43(58)37(28-64-12)54(10)11/h14-18,20,24,27,31,33-35,37-46,55-59H,19,21,23,25-26,28H2,1-13H3,(H,52,60)(H2,61,62,63)/b16-14+,18-15+,29-20+,30-17+,32-24+/t31-,33+,34-,35-,37-,38-,39+,40-,41-,42+,43-,44-,45?,46-,50-/m1/s1. The van der Waals surface area contributed by atoms with E-state index in [1.807, 2.05) is 78.0 Å². The monoisotopic (exact) mass is 1010 g/mol. The first-order valence-corrected chi connectivity index (χ1v) is 25.4. The molecule has 1 amide bonds. The zero-order valence-corrected chi connectivity index (χ0v) is 44.0. The van der Waals surface area contributed by atoms with Gasteiger partial charge in [-0.15, -0.1) is 0 Å². The van der Waals surface area contributed by atoms with E-state index in [0.29, 0.717) is 18.0 Å². The van der Waals surface area contributed by atoms with Gasteiger partial charge < -0.3 is 68.9 Å². The van der Waals surface area contributed by atoms with E-state index in [9.17, 15) is 44.7 Å². The Kier molecular flexibility index (Phi) is 23.5. The first-order valence-electron chi connectivity index (χ1n) is 23.8. The first kappa shape index (κ1) is 60.9. The number of ether oxygens (including phenoxy) is 4. The van der Waals surface area contributed by atoms with Gasteiger partial charge in [0.2, 0.25) is 0 Å². The van der Waals surface area contributed by atoms with E-state index in [-0.39, 0.29) is 44.2 Å². The summed E-state index contributed by atoms with van der Waals surface area (Å²) in [5.74, 6) is -3.63. The van der Waals surface area contributed by atoms with Crippen LogP contribution in [0.15, 0.2) is 63.9 Å². The number of nitrogens with zero attached hydrogens (tertiary/aromatic N) is 3. The number of carbonyl (C=O) groups excluding carboxylic acids is 1. The second kappa shape index (κ2) is 27.0. The van der Waals surface area contributed by atoms with Crippen LogP contribution < -0.4 is 5.32 Å². The van der Waals surface area contributed by atoms with Gasteiger partial charge in [-0.05, 0) is 64.9 Å². The molecule has 2 fully saturated rings. The normalized spacial score (nSPS) is 27.6. The molecule has 1 aromatic rings. The molecule has 0 aliphatic carbocycles. The van der Waals surface area contributed by atoms with Crippen molar-refractivity contribution in [2.75, 3.05) is 41.5 Å². The lowest BCUT2D eigenvalue weighted by Gasteiger charge is -2.50. The van der Waals surface area contributed by atoms with Crippen molar-refractivity contribution in [3.05, 3.63) is 71.0 Å². The first-order chi connectivity index (χ1) is 32.6. The smallest absolute Gasteiger partial charge is 0.448 e. The minimum atomic E-state index is -5.15. The second-order valence-corrected chi connectivity index (χ2v) is 21.1. The molecule has 1 aromatic heterocycles. The van der Waals surface area contributed by atoms with Gasteiger partial charge in [-0.2, -0.15) is 5.26 Å². The largest absolute Gasteiger partial charge is 0.469 e. The molecule has 3 heterocycles. The number of amides is 1. The third-order valence-corrected chi connectivity index (χ3v) is 14.5. The zero-order chi connectivity index (χ0) is 52.9. The van der Waals surface area contributed by atoms with Gasteiger partial charge in [0, 0.05) is 68.8 Å². The maximum Gasteiger partial charge on any atom is 0.469 e. The van der Waals surface area contributed by atoms with Crippen molar-refractivity contribution in [2.45, 2.75) is 161 Å². The molecule has 3 rings (SSSR count). The minimum absolute atomic E-state index is 0.0645. The summed E-state index contributed by atoms with van der Waals surface area (Å²) in [4.78, 5) is 39.2. The number of hydrogen-bond acceptors (Lipinski definition) is 16. The van der Waals surface area contributed by atoms with Crippen LogP contribution in [0.4, 0.5) is 0 Å². The van der Waals surface area contributed by atoms with Crippen molar-refractivity contribution in [1.82, 2.24) is 15.2 Å². The maximum absolute atomic E-state index is 12.6. The lowest BCUT2D eigenvalue weighted by Crippen LogP contribution is -2.58.